The van der Waals surface area contributed by atoms with E-state index in [0.29, 0.717) is 11.1 Å². The Morgan fingerprint density at radius 2 is 1.04 bits per heavy atom. The smallest absolute Gasteiger partial charge is 0.137 e. The maximum atomic E-state index is 10.6. The van der Waals surface area contributed by atoms with Crippen LogP contribution in [0.25, 0.3) is 88.1 Å². The highest BCUT2D eigenvalue weighted by atomic mass is 16.3. The summed E-state index contributed by atoms with van der Waals surface area (Å²) in [7, 11) is 0. The monoisotopic (exact) mass is 624 g/mol. The molecule has 5 nitrogen and oxygen atoms in total. The lowest BCUT2D eigenvalue weighted by Gasteiger charge is -2.14. The van der Waals surface area contributed by atoms with Gasteiger partial charge in [-0.05, 0) is 71.8 Å². The average molecular weight is 625 g/mol. The molecule has 10 aromatic rings. The molecule has 0 radical (unpaired) electrons. The molecule has 3 aromatic heterocycles. The molecule has 5 heteroatoms. The third-order valence-electron chi connectivity index (χ3n) is 9.75. The van der Waals surface area contributed by atoms with Crippen molar-refractivity contribution in [2.45, 2.75) is 0 Å². The molecule has 10 rings (SSSR count). The minimum absolute atomic E-state index is 0.525. The van der Waals surface area contributed by atoms with Crippen molar-refractivity contribution in [1.29, 1.82) is 10.5 Å². The van der Waals surface area contributed by atoms with E-state index in [4.69, 9.17) is 4.42 Å². The van der Waals surface area contributed by atoms with Crippen molar-refractivity contribution < 1.29 is 4.42 Å². The Bertz CT molecular complexity index is 3030. The second-order valence-corrected chi connectivity index (χ2v) is 12.4. The molecule has 49 heavy (non-hydrogen) atoms. The number of nitriles is 2. The Morgan fingerprint density at radius 1 is 0.429 bits per heavy atom. The molecule has 0 atom stereocenters. The molecule has 0 spiro atoms. The normalized spacial score (nSPS) is 11.6. The van der Waals surface area contributed by atoms with Crippen LogP contribution in [0, 0.1) is 22.7 Å². The summed E-state index contributed by atoms with van der Waals surface area (Å²) in [4.78, 5) is 0. The number of benzene rings is 7. The van der Waals surface area contributed by atoms with Crippen molar-refractivity contribution in [3.05, 3.63) is 157 Å². The number of fused-ring (bicyclic) bond motifs is 9. The van der Waals surface area contributed by atoms with Crippen molar-refractivity contribution in [2.24, 2.45) is 0 Å². The van der Waals surface area contributed by atoms with Crippen LogP contribution < -0.4 is 0 Å². The fraction of sp³-hybridized carbons (Fsp3) is 0. The quantitative estimate of drug-likeness (QED) is 0.196. The Morgan fingerprint density at radius 3 is 1.71 bits per heavy atom. The van der Waals surface area contributed by atoms with Crippen LogP contribution in [0.4, 0.5) is 0 Å². The van der Waals surface area contributed by atoms with Crippen molar-refractivity contribution in [3.63, 3.8) is 0 Å². The van der Waals surface area contributed by atoms with Gasteiger partial charge in [-0.1, -0.05) is 78.9 Å². The van der Waals surface area contributed by atoms with Crippen LogP contribution in [0.1, 0.15) is 11.1 Å². The molecular weight excluding hydrogens is 601 g/mol. The molecule has 226 valence electrons. The maximum absolute atomic E-state index is 10.6. The molecule has 3 heterocycles. The number of para-hydroxylation sites is 4. The first-order valence-corrected chi connectivity index (χ1v) is 16.1. The predicted octanol–water partition coefficient (Wildman–Crippen LogP) is 11.2. The molecule has 0 aliphatic rings. The number of aromatic nitrogens is 2. The van der Waals surface area contributed by atoms with Gasteiger partial charge in [0.2, 0.25) is 0 Å². The number of rotatable bonds is 3. The van der Waals surface area contributed by atoms with Crippen molar-refractivity contribution in [1.82, 2.24) is 9.13 Å². The third kappa shape index (κ3) is 3.91. The van der Waals surface area contributed by atoms with E-state index in [1.54, 1.807) is 0 Å². The van der Waals surface area contributed by atoms with Gasteiger partial charge in [0, 0.05) is 49.8 Å². The molecule has 0 aliphatic carbocycles. The van der Waals surface area contributed by atoms with Crippen LogP contribution in [0.2, 0.25) is 0 Å². The lowest BCUT2D eigenvalue weighted by atomic mass is 9.97. The van der Waals surface area contributed by atoms with Crippen molar-refractivity contribution >= 4 is 65.6 Å². The van der Waals surface area contributed by atoms with Crippen molar-refractivity contribution in [2.75, 3.05) is 0 Å². The summed E-state index contributed by atoms with van der Waals surface area (Å²) in [6, 6.07) is 54.1. The minimum atomic E-state index is 0.525. The second kappa shape index (κ2) is 10.2. The third-order valence-corrected chi connectivity index (χ3v) is 9.75. The van der Waals surface area contributed by atoms with E-state index in [1.165, 1.54) is 0 Å². The standard InChI is InChI=1S/C44H24N4O/c45-25-27-19-28(21-31(20-27)48-39-13-5-1-9-33(39)34-10-2-6-14-40(34)48)32-18-17-30(22-29(32)26-46)47-41-15-7-3-11-35(41)37-23-38-36-12-4-8-16-43(36)49-44(38)24-42(37)47/h1-24H. The minimum Gasteiger partial charge on any atom is -0.456 e. The Labute approximate surface area is 280 Å². The molecular formula is C44H24N4O. The largest absolute Gasteiger partial charge is 0.456 e. The lowest BCUT2D eigenvalue weighted by Crippen LogP contribution is -1.98. The molecule has 7 aromatic carbocycles. The van der Waals surface area contributed by atoms with Crippen LogP contribution in [0.3, 0.4) is 0 Å². The average Bonchev–Trinajstić information content (AvgIpc) is 3.80. The topological polar surface area (TPSA) is 70.6 Å². The number of furan rings is 1. The van der Waals surface area contributed by atoms with Crippen LogP contribution in [0.15, 0.2) is 150 Å². The Balaban J connectivity index is 1.18. The number of nitrogens with zero attached hydrogens (tertiary/aromatic N) is 4. The highest BCUT2D eigenvalue weighted by Crippen LogP contribution is 2.40. The first kappa shape index (κ1) is 27.1. The van der Waals surface area contributed by atoms with E-state index in [-0.39, 0.29) is 0 Å². The zero-order valence-corrected chi connectivity index (χ0v) is 26.1. The zero-order chi connectivity index (χ0) is 32.6. The zero-order valence-electron chi connectivity index (χ0n) is 26.1. The summed E-state index contributed by atoms with van der Waals surface area (Å²) in [5.74, 6) is 0. The van der Waals surface area contributed by atoms with Crippen LogP contribution in [-0.2, 0) is 0 Å². The summed E-state index contributed by atoms with van der Waals surface area (Å²) < 4.78 is 10.7. The summed E-state index contributed by atoms with van der Waals surface area (Å²) in [6.07, 6.45) is 0. The predicted molar refractivity (Wildman–Crippen MR) is 197 cm³/mol. The highest BCUT2D eigenvalue weighted by molar-refractivity contribution is 6.17. The first-order valence-electron chi connectivity index (χ1n) is 16.1. The van der Waals surface area contributed by atoms with Gasteiger partial charge < -0.3 is 13.6 Å². The summed E-state index contributed by atoms with van der Waals surface area (Å²) in [6.45, 7) is 0. The fourth-order valence-corrected chi connectivity index (χ4v) is 7.64. The van der Waals surface area contributed by atoms with E-state index in [1.807, 2.05) is 72.8 Å². The molecule has 0 bridgehead atoms. The van der Waals surface area contributed by atoms with Gasteiger partial charge in [-0.25, -0.2) is 0 Å². The molecule has 0 saturated carbocycles. The van der Waals surface area contributed by atoms with Gasteiger partial charge in [0.25, 0.3) is 0 Å². The molecule has 0 aliphatic heterocycles. The van der Waals surface area contributed by atoms with Crippen LogP contribution >= 0.6 is 0 Å². The summed E-state index contributed by atoms with van der Waals surface area (Å²) in [5, 5.41) is 27.4. The van der Waals surface area contributed by atoms with Gasteiger partial charge in [0.1, 0.15) is 11.2 Å². The van der Waals surface area contributed by atoms with Crippen molar-refractivity contribution in [3.8, 4) is 34.6 Å². The van der Waals surface area contributed by atoms with Gasteiger partial charge in [-0.2, -0.15) is 10.5 Å². The Hall–Kier alpha value is -7.08. The van der Waals surface area contributed by atoms with E-state index >= 15 is 0 Å². The molecule has 0 unspecified atom stereocenters. The maximum Gasteiger partial charge on any atom is 0.137 e. The SMILES string of the molecule is N#Cc1cc(-c2ccc(-n3c4ccccc4c4cc5c(cc43)oc3ccccc35)cc2C#N)cc(-n2c3ccccc3c3ccccc32)c1. The number of hydrogen-bond donors (Lipinski definition) is 0. The fourth-order valence-electron chi connectivity index (χ4n) is 7.64. The van der Waals surface area contributed by atoms with E-state index in [0.717, 1.165) is 88.1 Å². The van der Waals surface area contributed by atoms with Gasteiger partial charge in [-0.15, -0.1) is 0 Å². The van der Waals surface area contributed by atoms with Gasteiger partial charge in [0.15, 0.2) is 0 Å². The first-order chi connectivity index (χ1) is 24.2. The second-order valence-electron chi connectivity index (χ2n) is 12.4. The molecule has 0 fully saturated rings. The van der Waals surface area contributed by atoms with Crippen LogP contribution in [-0.4, -0.2) is 9.13 Å². The lowest BCUT2D eigenvalue weighted by molar-refractivity contribution is 0.669. The van der Waals surface area contributed by atoms with Gasteiger partial charge in [-0.3, -0.25) is 0 Å². The number of hydrogen-bond acceptors (Lipinski definition) is 3. The summed E-state index contributed by atoms with van der Waals surface area (Å²) >= 11 is 0. The molecule has 0 N–H and O–H groups in total. The van der Waals surface area contributed by atoms with E-state index < -0.39 is 0 Å². The van der Waals surface area contributed by atoms with Crippen LogP contribution in [0.5, 0.6) is 0 Å². The van der Waals surface area contributed by atoms with Gasteiger partial charge >= 0.3 is 0 Å². The molecule has 0 amide bonds. The molecule has 0 saturated heterocycles. The van der Waals surface area contributed by atoms with E-state index in [2.05, 4.69) is 94.1 Å². The summed E-state index contributed by atoms with van der Waals surface area (Å²) in [5.41, 5.74) is 10.2. The highest BCUT2D eigenvalue weighted by Gasteiger charge is 2.19. The Kier molecular flexibility index (Phi) is 5.64. The van der Waals surface area contributed by atoms with Gasteiger partial charge in [0.05, 0.1) is 45.3 Å². The van der Waals surface area contributed by atoms with E-state index in [9.17, 15) is 10.5 Å².